The molecule has 198 valence electrons. The van der Waals surface area contributed by atoms with Gasteiger partial charge in [0, 0.05) is 14.7 Å². The minimum Gasteiger partial charge on any atom is -0.506 e. The van der Waals surface area contributed by atoms with Crippen LogP contribution in [0.2, 0.25) is 0 Å². The summed E-state index contributed by atoms with van der Waals surface area (Å²) >= 11 is 5.45. The predicted molar refractivity (Wildman–Crippen MR) is 168 cm³/mol. The van der Waals surface area contributed by atoms with E-state index in [4.69, 9.17) is 14.5 Å². The van der Waals surface area contributed by atoms with E-state index in [-0.39, 0.29) is 23.5 Å². The maximum Gasteiger partial charge on any atom is 0.338 e. The largest absolute Gasteiger partial charge is 0.506 e. The van der Waals surface area contributed by atoms with Crippen molar-refractivity contribution in [3.8, 4) is 11.5 Å². The third-order valence-electron chi connectivity index (χ3n) is 6.15. The van der Waals surface area contributed by atoms with Crippen LogP contribution in [-0.2, 0) is 9.53 Å². The highest BCUT2D eigenvalue weighted by Crippen LogP contribution is 2.36. The van der Waals surface area contributed by atoms with Crippen LogP contribution in [0, 0.1) is 7.14 Å². The van der Waals surface area contributed by atoms with E-state index < -0.39 is 12.0 Å². The van der Waals surface area contributed by atoms with Crippen molar-refractivity contribution in [2.45, 2.75) is 13.0 Å². The quantitative estimate of drug-likeness (QED) is 0.224. The number of rotatable bonds is 6. The number of hydrogen-bond donors (Lipinski definition) is 1. The van der Waals surface area contributed by atoms with Gasteiger partial charge in [0.2, 0.25) is 0 Å². The van der Waals surface area contributed by atoms with E-state index in [0.717, 1.165) is 9.13 Å². The van der Waals surface area contributed by atoms with Crippen LogP contribution in [0.4, 0.5) is 0 Å². The van der Waals surface area contributed by atoms with E-state index in [1.54, 1.807) is 32.2 Å². The molecule has 3 aromatic carbocycles. The highest BCUT2D eigenvalue weighted by atomic mass is 127. The second-order valence-corrected chi connectivity index (χ2v) is 11.9. The topological polar surface area (TPSA) is 90.1 Å². The first kappa shape index (κ1) is 27.6. The summed E-state index contributed by atoms with van der Waals surface area (Å²) in [5.74, 6) is 0.214. The van der Waals surface area contributed by atoms with Crippen LogP contribution in [0.15, 0.2) is 82.1 Å². The van der Waals surface area contributed by atoms with Gasteiger partial charge in [-0.1, -0.05) is 53.8 Å². The summed E-state index contributed by atoms with van der Waals surface area (Å²) in [6, 6.07) is 19.5. The van der Waals surface area contributed by atoms with Crippen LogP contribution in [0.3, 0.4) is 0 Å². The Morgan fingerprint density at radius 2 is 1.85 bits per heavy atom. The average molecular weight is 764 g/mol. The fourth-order valence-electron chi connectivity index (χ4n) is 4.38. The zero-order chi connectivity index (χ0) is 27.7. The van der Waals surface area contributed by atoms with Gasteiger partial charge in [0.05, 0.1) is 39.1 Å². The number of fused-ring (bicyclic) bond motifs is 1. The fourth-order valence-corrected chi connectivity index (χ4v) is 7.26. The molecule has 2 heterocycles. The summed E-state index contributed by atoms with van der Waals surface area (Å²) < 4.78 is 14.4. The van der Waals surface area contributed by atoms with Crippen LogP contribution in [-0.4, -0.2) is 29.4 Å². The van der Waals surface area contributed by atoms with Gasteiger partial charge in [0.15, 0.2) is 4.80 Å². The Hall–Kier alpha value is -2.97. The number of esters is 1. The van der Waals surface area contributed by atoms with Gasteiger partial charge in [-0.25, -0.2) is 9.79 Å². The molecule has 10 heteroatoms. The van der Waals surface area contributed by atoms with Crippen molar-refractivity contribution < 1.29 is 19.4 Å². The predicted octanol–water partition coefficient (Wildman–Crippen LogP) is 4.86. The van der Waals surface area contributed by atoms with Crippen molar-refractivity contribution in [3.63, 3.8) is 0 Å². The van der Waals surface area contributed by atoms with Crippen LogP contribution >= 0.6 is 56.5 Å². The Morgan fingerprint density at radius 1 is 1.13 bits per heavy atom. The number of hydrogen-bond acceptors (Lipinski definition) is 7. The number of phenolic OH excluding ortho intramolecular Hbond substituents is 1. The molecule has 39 heavy (non-hydrogen) atoms. The van der Waals surface area contributed by atoms with Gasteiger partial charge in [-0.3, -0.25) is 9.36 Å². The highest BCUT2D eigenvalue weighted by molar-refractivity contribution is 14.1. The van der Waals surface area contributed by atoms with Crippen molar-refractivity contribution in [1.82, 2.24) is 4.57 Å². The normalized spacial score (nSPS) is 15.1. The van der Waals surface area contributed by atoms with Crippen molar-refractivity contribution in [1.29, 1.82) is 0 Å². The molecule has 0 bridgehead atoms. The lowest BCUT2D eigenvalue weighted by molar-refractivity contribution is -0.138. The molecular formula is C29H22I2N2O5S. The number of aromatic hydroxyl groups is 1. The van der Waals surface area contributed by atoms with Gasteiger partial charge in [0.1, 0.15) is 11.5 Å². The Kier molecular flexibility index (Phi) is 8.24. The molecule has 0 radical (unpaired) electrons. The maximum atomic E-state index is 14.0. The van der Waals surface area contributed by atoms with Crippen LogP contribution in [0.25, 0.3) is 11.8 Å². The first-order valence-electron chi connectivity index (χ1n) is 11.9. The molecule has 0 saturated carbocycles. The van der Waals surface area contributed by atoms with Crippen molar-refractivity contribution in [2.75, 3.05) is 13.7 Å². The van der Waals surface area contributed by atoms with E-state index in [1.807, 2.05) is 54.6 Å². The number of benzene rings is 3. The van der Waals surface area contributed by atoms with Gasteiger partial charge in [-0.2, -0.15) is 0 Å². The van der Waals surface area contributed by atoms with E-state index in [2.05, 4.69) is 45.2 Å². The molecule has 1 atom stereocenters. The fraction of sp³-hybridized carbons (Fsp3) is 0.138. The molecule has 0 spiro atoms. The molecule has 1 N–H and O–H groups in total. The molecular weight excluding hydrogens is 742 g/mol. The second kappa shape index (κ2) is 11.6. The molecule has 0 aliphatic carbocycles. The van der Waals surface area contributed by atoms with Gasteiger partial charge in [0.25, 0.3) is 5.56 Å². The zero-order valence-corrected chi connectivity index (χ0v) is 26.0. The lowest BCUT2D eigenvalue weighted by atomic mass is 9.93. The van der Waals surface area contributed by atoms with Crippen LogP contribution in [0.5, 0.6) is 11.5 Å². The van der Waals surface area contributed by atoms with E-state index in [0.29, 0.717) is 35.5 Å². The number of methoxy groups -OCH3 is 1. The maximum absolute atomic E-state index is 14.0. The summed E-state index contributed by atoms with van der Waals surface area (Å²) in [4.78, 5) is 32.8. The summed E-state index contributed by atoms with van der Waals surface area (Å²) in [5.41, 5.74) is 2.39. The smallest absolute Gasteiger partial charge is 0.338 e. The van der Waals surface area contributed by atoms with Gasteiger partial charge < -0.3 is 14.6 Å². The highest BCUT2D eigenvalue weighted by Gasteiger charge is 2.35. The van der Waals surface area contributed by atoms with Crippen LogP contribution in [0.1, 0.15) is 29.7 Å². The van der Waals surface area contributed by atoms with Crippen molar-refractivity contribution >= 4 is 74.3 Å². The van der Waals surface area contributed by atoms with Crippen LogP contribution < -0.4 is 19.6 Å². The number of aromatic nitrogens is 1. The number of halogens is 2. The zero-order valence-electron chi connectivity index (χ0n) is 20.9. The number of thiazole rings is 1. The third kappa shape index (κ3) is 5.41. The first-order chi connectivity index (χ1) is 18.8. The Morgan fingerprint density at radius 3 is 2.51 bits per heavy atom. The minimum atomic E-state index is -0.784. The average Bonchev–Trinajstić information content (AvgIpc) is 3.25. The third-order valence-corrected chi connectivity index (χ3v) is 8.58. The van der Waals surface area contributed by atoms with Gasteiger partial charge in [-0.05, 0) is 88.0 Å². The molecule has 1 aliphatic rings. The molecule has 0 saturated heterocycles. The summed E-state index contributed by atoms with van der Waals surface area (Å²) in [6.45, 7) is 1.92. The number of ether oxygens (including phenoxy) is 2. The minimum absolute atomic E-state index is 0.103. The second-order valence-electron chi connectivity index (χ2n) is 8.53. The van der Waals surface area contributed by atoms with E-state index >= 15 is 0 Å². The standard InChI is InChI=1S/C29H22I2N2O5S/c1-3-38-28(36)23-24(16-7-5-4-6-8-16)32-29-33(25(23)17-9-11-20(37-2)12-10-17)27(35)22(39-29)14-18-13-19(30)15-21(31)26(18)34/h4-15,25,34H,3H2,1-2H3/b22-14-/t25-/m0/s1. The van der Waals surface area contributed by atoms with Crippen molar-refractivity contribution in [3.05, 3.63) is 116 Å². The number of carbonyl (C=O) groups excluding carboxylic acids is 1. The first-order valence-corrected chi connectivity index (χ1v) is 14.9. The monoisotopic (exact) mass is 764 g/mol. The molecule has 5 rings (SSSR count). The van der Waals surface area contributed by atoms with Crippen molar-refractivity contribution in [2.24, 2.45) is 4.99 Å². The molecule has 4 aromatic rings. The van der Waals surface area contributed by atoms with Gasteiger partial charge >= 0.3 is 5.97 Å². The Bertz CT molecular complexity index is 1780. The molecule has 0 amide bonds. The van der Waals surface area contributed by atoms with E-state index in [1.165, 1.54) is 15.9 Å². The Labute approximate surface area is 255 Å². The molecule has 0 fully saturated rings. The molecule has 7 nitrogen and oxygen atoms in total. The summed E-state index contributed by atoms with van der Waals surface area (Å²) in [7, 11) is 1.58. The lowest BCUT2D eigenvalue weighted by Gasteiger charge is -2.26. The SMILES string of the molecule is CCOC(=O)C1=C(c2ccccc2)N=c2s/c(=C\c3cc(I)cc(I)c3O)c(=O)n2[C@H]1c1ccc(OC)cc1. The number of phenols is 1. The van der Waals surface area contributed by atoms with Gasteiger partial charge in [-0.15, -0.1) is 0 Å². The summed E-state index contributed by atoms with van der Waals surface area (Å²) in [6.07, 6.45) is 1.67. The molecule has 1 aromatic heterocycles. The van der Waals surface area contributed by atoms with E-state index in [9.17, 15) is 14.7 Å². The molecule has 1 aliphatic heterocycles. The lowest BCUT2D eigenvalue weighted by Crippen LogP contribution is -2.40. The number of nitrogens with zero attached hydrogens (tertiary/aromatic N) is 2. The summed E-state index contributed by atoms with van der Waals surface area (Å²) in [5, 5.41) is 10.7. The Balaban J connectivity index is 1.84. The number of carbonyl (C=O) groups is 1. The molecule has 0 unspecified atom stereocenters.